The van der Waals surface area contributed by atoms with Crippen molar-refractivity contribution in [1.82, 2.24) is 14.2 Å². The minimum Gasteiger partial charge on any atom is -0.257 e. The zero-order chi connectivity index (χ0) is 13.5. The highest BCUT2D eigenvalue weighted by molar-refractivity contribution is 5.32. The molecule has 0 bridgehead atoms. The fourth-order valence-electron chi connectivity index (χ4n) is 1.52. The van der Waals surface area contributed by atoms with E-state index < -0.39 is 17.1 Å². The lowest BCUT2D eigenvalue weighted by Crippen LogP contribution is -2.48. The van der Waals surface area contributed by atoms with Crippen molar-refractivity contribution in [3.8, 4) is 0 Å². The average molecular weight is 254 g/mol. The lowest BCUT2D eigenvalue weighted by molar-refractivity contribution is 0.500. The van der Waals surface area contributed by atoms with E-state index in [9.17, 15) is 19.2 Å². The molecule has 1 N–H and O–H groups in total. The molecule has 0 spiro atoms. The third-order valence-electron chi connectivity index (χ3n) is 2.44. The molecule has 1 aromatic heterocycles. The number of nitrogens with zero attached hydrogens (tertiary/aromatic N) is 3. The molecular weight excluding hydrogens is 240 g/mol. The second-order valence-electron chi connectivity index (χ2n) is 3.73. The maximum atomic E-state index is 11.7. The van der Waals surface area contributed by atoms with Gasteiger partial charge < -0.3 is 0 Å². The fraction of sp³-hybridized carbons (Fsp3) is 0.600. The predicted molar refractivity (Wildman–Crippen MR) is 63.2 cm³/mol. The molecule has 0 aliphatic rings. The van der Waals surface area contributed by atoms with Gasteiger partial charge in [-0.3, -0.25) is 4.98 Å². The van der Waals surface area contributed by atoms with Crippen molar-refractivity contribution in [2.75, 3.05) is 0 Å². The summed E-state index contributed by atoms with van der Waals surface area (Å²) in [5.41, 5.74) is -2.76. The van der Waals surface area contributed by atoms with E-state index in [1.54, 1.807) is 0 Å². The summed E-state index contributed by atoms with van der Waals surface area (Å²) in [6.45, 7) is 2.22. The molecule has 0 fully saturated rings. The van der Waals surface area contributed by atoms with Crippen molar-refractivity contribution in [1.29, 1.82) is 0 Å². The smallest absolute Gasteiger partial charge is 0.257 e. The molecule has 0 aromatic carbocycles. The van der Waals surface area contributed by atoms with Gasteiger partial charge in [0.2, 0.25) is 0 Å². The zero-order valence-corrected chi connectivity index (χ0v) is 10.0. The Kier molecular flexibility index (Phi) is 5.01. The minimum atomic E-state index is -1.04. The topological polar surface area (TPSA) is 106 Å². The third kappa shape index (κ3) is 3.14. The molecule has 0 amide bonds. The van der Waals surface area contributed by atoms with E-state index in [1.165, 1.54) is 0 Å². The third-order valence-corrected chi connectivity index (χ3v) is 2.44. The van der Waals surface area contributed by atoms with Gasteiger partial charge in [-0.15, -0.1) is 4.68 Å². The van der Waals surface area contributed by atoms with E-state index in [0.29, 0.717) is 6.42 Å². The summed E-state index contributed by atoms with van der Waals surface area (Å²) in [4.78, 5) is 46.3. The van der Waals surface area contributed by atoms with Gasteiger partial charge in [0.25, 0.3) is 6.08 Å². The molecular formula is C10H14N4O4. The summed E-state index contributed by atoms with van der Waals surface area (Å²) in [7, 11) is 0. The highest BCUT2D eigenvalue weighted by atomic mass is 16.2. The Bertz CT molecular complexity index is 618. The van der Waals surface area contributed by atoms with E-state index in [-0.39, 0.29) is 11.2 Å². The molecule has 1 aromatic rings. The number of H-pyrrole nitrogens is 1. The molecule has 0 saturated carbocycles. The van der Waals surface area contributed by atoms with Crippen LogP contribution in [0.15, 0.2) is 19.5 Å². The standard InChI is InChI=1S/C10H14N4O4/c1-2-3-4-5-6-13-8(16)12-9(17)14(10(13)18)11-7-15/h2-6H2,1H3,(H,12,16,17). The fourth-order valence-corrected chi connectivity index (χ4v) is 1.52. The molecule has 0 unspecified atom stereocenters. The van der Waals surface area contributed by atoms with Gasteiger partial charge in [-0.25, -0.2) is 23.7 Å². The maximum Gasteiger partial charge on any atom is 0.358 e. The van der Waals surface area contributed by atoms with Gasteiger partial charge in [-0.1, -0.05) is 31.3 Å². The van der Waals surface area contributed by atoms with Crippen LogP contribution in [0.5, 0.6) is 0 Å². The van der Waals surface area contributed by atoms with Gasteiger partial charge in [0.05, 0.1) is 0 Å². The van der Waals surface area contributed by atoms with E-state index in [1.807, 2.05) is 11.9 Å². The van der Waals surface area contributed by atoms with E-state index in [2.05, 4.69) is 5.10 Å². The number of hydrogen-bond donors (Lipinski definition) is 1. The van der Waals surface area contributed by atoms with Gasteiger partial charge in [0, 0.05) is 6.54 Å². The van der Waals surface area contributed by atoms with Crippen LogP contribution in [0.2, 0.25) is 0 Å². The van der Waals surface area contributed by atoms with Crippen molar-refractivity contribution in [3.63, 3.8) is 0 Å². The Hall–Kier alpha value is -2.21. The summed E-state index contributed by atoms with van der Waals surface area (Å²) >= 11 is 0. The van der Waals surface area contributed by atoms with Crippen LogP contribution < -0.4 is 17.1 Å². The molecule has 0 atom stereocenters. The largest absolute Gasteiger partial charge is 0.358 e. The van der Waals surface area contributed by atoms with E-state index in [4.69, 9.17) is 0 Å². The highest BCUT2D eigenvalue weighted by Gasteiger charge is 2.08. The minimum absolute atomic E-state index is 0.183. The summed E-state index contributed by atoms with van der Waals surface area (Å²) in [5.74, 6) is 0. The van der Waals surface area contributed by atoms with Crippen LogP contribution in [0, 0.1) is 0 Å². The number of unbranched alkanes of at least 4 members (excludes halogenated alkanes) is 3. The first kappa shape index (κ1) is 13.9. The van der Waals surface area contributed by atoms with Gasteiger partial charge in [0.1, 0.15) is 0 Å². The number of rotatable bonds is 6. The van der Waals surface area contributed by atoms with Gasteiger partial charge in [0.15, 0.2) is 0 Å². The number of aromatic nitrogens is 3. The van der Waals surface area contributed by atoms with Crippen LogP contribution in [-0.4, -0.2) is 20.3 Å². The lowest BCUT2D eigenvalue weighted by Gasteiger charge is -2.04. The summed E-state index contributed by atoms with van der Waals surface area (Å²) in [6, 6.07) is 0. The van der Waals surface area contributed by atoms with E-state index >= 15 is 0 Å². The quantitative estimate of drug-likeness (QED) is 0.414. The summed E-state index contributed by atoms with van der Waals surface area (Å²) in [6.07, 6.45) is 4.63. The summed E-state index contributed by atoms with van der Waals surface area (Å²) in [5, 5.41) is 2.95. The molecule has 0 radical (unpaired) electrons. The monoisotopic (exact) mass is 254 g/mol. The van der Waals surface area contributed by atoms with Crippen molar-refractivity contribution in [2.45, 2.75) is 39.2 Å². The Morgan fingerprint density at radius 2 is 1.89 bits per heavy atom. The second kappa shape index (κ2) is 6.51. The highest BCUT2D eigenvalue weighted by Crippen LogP contribution is 1.98. The Morgan fingerprint density at radius 1 is 1.17 bits per heavy atom. The first-order valence-corrected chi connectivity index (χ1v) is 5.66. The number of aromatic amines is 1. The first-order chi connectivity index (χ1) is 8.61. The molecule has 1 heterocycles. The van der Waals surface area contributed by atoms with Crippen LogP contribution in [0.4, 0.5) is 0 Å². The number of isocyanates is 1. The maximum absolute atomic E-state index is 11.7. The van der Waals surface area contributed by atoms with Crippen molar-refractivity contribution in [2.24, 2.45) is 5.10 Å². The molecule has 1 rings (SSSR count). The van der Waals surface area contributed by atoms with Gasteiger partial charge >= 0.3 is 17.1 Å². The normalized spacial score (nSPS) is 10.1. The molecule has 0 aliphatic carbocycles. The van der Waals surface area contributed by atoms with Gasteiger partial charge in [-0.05, 0) is 6.42 Å². The second-order valence-corrected chi connectivity index (χ2v) is 3.73. The van der Waals surface area contributed by atoms with Crippen molar-refractivity contribution in [3.05, 3.63) is 31.5 Å². The summed E-state index contributed by atoms with van der Waals surface area (Å²) < 4.78 is 1.13. The Labute approximate surface area is 102 Å². The lowest BCUT2D eigenvalue weighted by atomic mass is 10.2. The molecule has 0 aliphatic heterocycles. The average Bonchev–Trinajstić information content (AvgIpc) is 2.33. The number of nitrogens with one attached hydrogen (secondary N) is 1. The molecule has 18 heavy (non-hydrogen) atoms. The molecule has 0 saturated heterocycles. The zero-order valence-electron chi connectivity index (χ0n) is 10.0. The SMILES string of the molecule is CCCCCCn1c(=O)[nH]c(=O)n(N=C=O)c1=O. The van der Waals surface area contributed by atoms with Gasteiger partial charge in [-0.2, -0.15) is 0 Å². The van der Waals surface area contributed by atoms with Crippen LogP contribution in [0.3, 0.4) is 0 Å². The number of carbonyl (C=O) groups excluding carboxylic acids is 1. The van der Waals surface area contributed by atoms with Crippen LogP contribution in [0.25, 0.3) is 0 Å². The molecule has 98 valence electrons. The van der Waals surface area contributed by atoms with Crippen LogP contribution in [0.1, 0.15) is 32.6 Å². The predicted octanol–water partition coefficient (Wildman–Crippen LogP) is -0.623. The van der Waals surface area contributed by atoms with E-state index in [0.717, 1.165) is 29.9 Å². The Balaban J connectivity index is 3.09. The van der Waals surface area contributed by atoms with Crippen LogP contribution in [-0.2, 0) is 11.3 Å². The van der Waals surface area contributed by atoms with Crippen molar-refractivity contribution >= 4 is 6.08 Å². The molecule has 8 heteroatoms. The van der Waals surface area contributed by atoms with Crippen LogP contribution >= 0.6 is 0 Å². The van der Waals surface area contributed by atoms with Crippen molar-refractivity contribution < 1.29 is 4.79 Å². The Morgan fingerprint density at radius 3 is 2.50 bits per heavy atom. The first-order valence-electron chi connectivity index (χ1n) is 5.66. The number of hydrogen-bond acceptors (Lipinski definition) is 5. The molecule has 8 nitrogen and oxygen atoms in total.